The number of benzene rings is 1. The normalized spacial score (nSPS) is 16.7. The van der Waals surface area contributed by atoms with Crippen LogP contribution in [0.2, 0.25) is 5.02 Å². The van der Waals surface area contributed by atoms with E-state index in [9.17, 15) is 4.79 Å². The fraction of sp³-hybridized carbons (Fsp3) is 0.353. The van der Waals surface area contributed by atoms with Crippen molar-refractivity contribution in [2.75, 3.05) is 7.11 Å². The van der Waals surface area contributed by atoms with Crippen molar-refractivity contribution in [1.29, 1.82) is 0 Å². The number of hydrogen-bond donors (Lipinski definition) is 0. The Morgan fingerprint density at radius 1 is 1.24 bits per heavy atom. The minimum Gasteiger partial charge on any atom is -0.497 e. The molecule has 0 fully saturated rings. The summed E-state index contributed by atoms with van der Waals surface area (Å²) in [4.78, 5) is 12.3. The van der Waals surface area contributed by atoms with Crippen LogP contribution in [0.25, 0.3) is 5.69 Å². The van der Waals surface area contributed by atoms with Gasteiger partial charge in [0.1, 0.15) is 5.75 Å². The Morgan fingerprint density at radius 2 is 2.00 bits per heavy atom. The number of Topliss-reactive ketones (excluding diaryl/α,β-unsaturated/α-hetero) is 1. The Bertz CT molecular complexity index is 716. The van der Waals surface area contributed by atoms with Gasteiger partial charge in [0.15, 0.2) is 5.78 Å². The van der Waals surface area contributed by atoms with Crippen molar-refractivity contribution in [3.05, 3.63) is 46.7 Å². The summed E-state index contributed by atoms with van der Waals surface area (Å²) in [7, 11) is 1.63. The topological polar surface area (TPSA) is 31.2 Å². The standard InChI is InChI=1S/C17H18ClNO2/c1-17(2)9-15-12(16(20)10-17)6-7-19(15)14-8-11(21-3)4-5-13(14)18/h4-8H,9-10H2,1-3H3. The molecule has 0 saturated heterocycles. The molecule has 0 amide bonds. The summed E-state index contributed by atoms with van der Waals surface area (Å²) in [6.07, 6.45) is 3.37. The lowest BCUT2D eigenvalue weighted by molar-refractivity contribution is 0.0911. The summed E-state index contributed by atoms with van der Waals surface area (Å²) < 4.78 is 7.29. The average Bonchev–Trinajstić information content (AvgIpc) is 2.81. The number of nitrogens with zero attached hydrogens (tertiary/aromatic N) is 1. The van der Waals surface area contributed by atoms with Gasteiger partial charge in [-0.2, -0.15) is 0 Å². The second-order valence-electron chi connectivity index (χ2n) is 6.30. The summed E-state index contributed by atoms with van der Waals surface area (Å²) in [6, 6.07) is 7.44. The van der Waals surface area contributed by atoms with E-state index in [-0.39, 0.29) is 11.2 Å². The van der Waals surface area contributed by atoms with Crippen molar-refractivity contribution >= 4 is 17.4 Å². The van der Waals surface area contributed by atoms with E-state index in [0.29, 0.717) is 11.4 Å². The van der Waals surface area contributed by atoms with Gasteiger partial charge in [0.05, 0.1) is 17.8 Å². The zero-order chi connectivity index (χ0) is 15.2. The van der Waals surface area contributed by atoms with Crippen molar-refractivity contribution in [2.24, 2.45) is 5.41 Å². The smallest absolute Gasteiger partial charge is 0.165 e. The van der Waals surface area contributed by atoms with Crippen molar-refractivity contribution in [3.8, 4) is 11.4 Å². The monoisotopic (exact) mass is 303 g/mol. The molecule has 21 heavy (non-hydrogen) atoms. The first-order valence-corrected chi connectivity index (χ1v) is 7.36. The maximum absolute atomic E-state index is 12.3. The highest BCUT2D eigenvalue weighted by Crippen LogP contribution is 2.37. The Labute approximate surface area is 129 Å². The molecule has 0 spiro atoms. The summed E-state index contributed by atoms with van der Waals surface area (Å²) in [5.41, 5.74) is 2.67. The van der Waals surface area contributed by atoms with Crippen LogP contribution in [-0.2, 0) is 6.42 Å². The van der Waals surface area contributed by atoms with Gasteiger partial charge < -0.3 is 9.30 Å². The predicted octanol–water partition coefficient (Wildman–Crippen LogP) is 4.29. The number of hydrogen-bond acceptors (Lipinski definition) is 2. The van der Waals surface area contributed by atoms with Gasteiger partial charge in [0.2, 0.25) is 0 Å². The Hall–Kier alpha value is -1.74. The Balaban J connectivity index is 2.16. The van der Waals surface area contributed by atoms with E-state index in [4.69, 9.17) is 16.3 Å². The first-order chi connectivity index (χ1) is 9.91. The summed E-state index contributed by atoms with van der Waals surface area (Å²) in [5, 5.41) is 0.644. The lowest BCUT2D eigenvalue weighted by atomic mass is 9.76. The molecule has 1 heterocycles. The van der Waals surface area contributed by atoms with Gasteiger partial charge in [-0.25, -0.2) is 0 Å². The second-order valence-corrected chi connectivity index (χ2v) is 6.71. The van der Waals surface area contributed by atoms with Crippen LogP contribution in [0.15, 0.2) is 30.5 Å². The van der Waals surface area contributed by atoms with Gasteiger partial charge in [-0.1, -0.05) is 25.4 Å². The number of aromatic nitrogens is 1. The van der Waals surface area contributed by atoms with Crippen molar-refractivity contribution in [1.82, 2.24) is 4.57 Å². The number of ether oxygens (including phenoxy) is 1. The highest BCUT2D eigenvalue weighted by atomic mass is 35.5. The number of halogens is 1. The number of rotatable bonds is 2. The fourth-order valence-corrected chi connectivity index (χ4v) is 3.18. The summed E-state index contributed by atoms with van der Waals surface area (Å²) in [5.74, 6) is 0.956. The van der Waals surface area contributed by atoms with Gasteiger partial charge in [-0.05, 0) is 30.0 Å². The van der Waals surface area contributed by atoms with Gasteiger partial charge in [0.25, 0.3) is 0 Å². The van der Waals surface area contributed by atoms with E-state index in [1.807, 2.05) is 35.0 Å². The number of fused-ring (bicyclic) bond motifs is 1. The van der Waals surface area contributed by atoms with Gasteiger partial charge in [-0.3, -0.25) is 4.79 Å². The van der Waals surface area contributed by atoms with Crippen LogP contribution >= 0.6 is 11.6 Å². The zero-order valence-electron chi connectivity index (χ0n) is 12.4. The highest BCUT2D eigenvalue weighted by Gasteiger charge is 2.33. The molecule has 1 aliphatic rings. The molecule has 0 unspecified atom stereocenters. The fourth-order valence-electron chi connectivity index (χ4n) is 2.97. The molecule has 1 aromatic carbocycles. The molecule has 0 bridgehead atoms. The minimum absolute atomic E-state index is 0.0223. The Kier molecular flexibility index (Phi) is 3.33. The van der Waals surface area contributed by atoms with Gasteiger partial charge in [-0.15, -0.1) is 0 Å². The van der Waals surface area contributed by atoms with Crippen molar-refractivity contribution < 1.29 is 9.53 Å². The minimum atomic E-state index is -0.0223. The molecular weight excluding hydrogens is 286 g/mol. The molecule has 3 nitrogen and oxygen atoms in total. The molecular formula is C17H18ClNO2. The molecule has 1 aromatic heterocycles. The quantitative estimate of drug-likeness (QED) is 0.828. The number of carbonyl (C=O) groups is 1. The third-order valence-corrected chi connectivity index (χ3v) is 4.31. The number of carbonyl (C=O) groups excluding carboxylic acids is 1. The van der Waals surface area contributed by atoms with E-state index in [2.05, 4.69) is 13.8 Å². The summed E-state index contributed by atoms with van der Waals surface area (Å²) >= 11 is 6.33. The van der Waals surface area contributed by atoms with Gasteiger partial charge in [0, 0.05) is 29.9 Å². The molecule has 0 aliphatic heterocycles. The van der Waals surface area contributed by atoms with Crippen molar-refractivity contribution in [2.45, 2.75) is 26.7 Å². The predicted molar refractivity (Wildman–Crippen MR) is 83.8 cm³/mol. The number of methoxy groups -OCH3 is 1. The molecule has 4 heteroatoms. The SMILES string of the molecule is COc1ccc(Cl)c(-n2ccc3c2CC(C)(C)CC3=O)c1. The molecule has 0 atom stereocenters. The number of ketones is 1. The average molecular weight is 304 g/mol. The van der Waals surface area contributed by atoms with E-state index >= 15 is 0 Å². The lowest BCUT2D eigenvalue weighted by Gasteiger charge is -2.29. The first kappa shape index (κ1) is 14.2. The van der Waals surface area contributed by atoms with Crippen LogP contribution in [-0.4, -0.2) is 17.5 Å². The molecule has 3 rings (SSSR count). The van der Waals surface area contributed by atoms with Crippen LogP contribution in [0.4, 0.5) is 0 Å². The van der Waals surface area contributed by atoms with Crippen LogP contribution in [0.5, 0.6) is 5.75 Å². The van der Waals surface area contributed by atoms with Crippen LogP contribution in [0.1, 0.15) is 36.3 Å². The van der Waals surface area contributed by atoms with E-state index in [1.165, 1.54) is 0 Å². The molecule has 0 N–H and O–H groups in total. The van der Waals surface area contributed by atoms with Crippen LogP contribution < -0.4 is 4.74 Å². The third-order valence-electron chi connectivity index (χ3n) is 3.99. The molecule has 2 aromatic rings. The van der Waals surface area contributed by atoms with Crippen LogP contribution in [0, 0.1) is 5.41 Å². The molecule has 110 valence electrons. The molecule has 1 aliphatic carbocycles. The van der Waals surface area contributed by atoms with Gasteiger partial charge >= 0.3 is 0 Å². The maximum atomic E-state index is 12.3. The van der Waals surface area contributed by atoms with Crippen LogP contribution in [0.3, 0.4) is 0 Å². The van der Waals surface area contributed by atoms with E-state index in [1.54, 1.807) is 7.11 Å². The van der Waals surface area contributed by atoms with E-state index in [0.717, 1.165) is 29.1 Å². The second kappa shape index (κ2) is 4.92. The van der Waals surface area contributed by atoms with Crippen molar-refractivity contribution in [3.63, 3.8) is 0 Å². The lowest BCUT2D eigenvalue weighted by Crippen LogP contribution is -2.27. The Morgan fingerprint density at radius 3 is 2.71 bits per heavy atom. The maximum Gasteiger partial charge on any atom is 0.165 e. The largest absolute Gasteiger partial charge is 0.497 e. The molecule has 0 radical (unpaired) electrons. The zero-order valence-corrected chi connectivity index (χ0v) is 13.2. The van der Waals surface area contributed by atoms with E-state index < -0.39 is 0 Å². The summed E-state index contributed by atoms with van der Waals surface area (Å²) in [6.45, 7) is 4.25. The third kappa shape index (κ3) is 2.46. The first-order valence-electron chi connectivity index (χ1n) is 6.99. The highest BCUT2D eigenvalue weighted by molar-refractivity contribution is 6.32. The molecule has 0 saturated carbocycles.